The summed E-state index contributed by atoms with van der Waals surface area (Å²) in [4.78, 5) is 0. The van der Waals surface area contributed by atoms with E-state index in [0.29, 0.717) is 5.92 Å². The van der Waals surface area contributed by atoms with Gasteiger partial charge >= 0.3 is 0 Å². The molecule has 0 aliphatic heterocycles. The van der Waals surface area contributed by atoms with Gasteiger partial charge in [0, 0.05) is 0 Å². The van der Waals surface area contributed by atoms with Crippen LogP contribution in [-0.2, 0) is 0 Å². The molecule has 1 aliphatic rings. The summed E-state index contributed by atoms with van der Waals surface area (Å²) in [6.45, 7) is 16.3. The first-order valence-electron chi connectivity index (χ1n) is 8.07. The highest BCUT2D eigenvalue weighted by atomic mass is 14.1. The molecule has 1 rings (SSSR count). The first-order chi connectivity index (χ1) is 11.0. The molecule has 0 amide bonds. The Morgan fingerprint density at radius 3 is 2.39 bits per heavy atom. The van der Waals surface area contributed by atoms with Crippen LogP contribution in [0.1, 0.15) is 27.7 Å². The second-order valence-corrected chi connectivity index (χ2v) is 5.75. The minimum absolute atomic E-state index is 0.423. The fourth-order valence-electron chi connectivity index (χ4n) is 2.42. The number of hydrogen-bond donors (Lipinski definition) is 0. The summed E-state index contributed by atoms with van der Waals surface area (Å²) in [6, 6.07) is 0. The van der Waals surface area contributed by atoms with Crippen molar-refractivity contribution in [2.75, 3.05) is 0 Å². The topological polar surface area (TPSA) is 0 Å². The van der Waals surface area contributed by atoms with E-state index in [1.54, 1.807) is 0 Å². The maximum absolute atomic E-state index is 3.97. The van der Waals surface area contributed by atoms with Gasteiger partial charge in [0.2, 0.25) is 0 Å². The lowest BCUT2D eigenvalue weighted by Crippen LogP contribution is -1.88. The molecule has 1 unspecified atom stereocenters. The van der Waals surface area contributed by atoms with Gasteiger partial charge in [0.15, 0.2) is 0 Å². The highest BCUT2D eigenvalue weighted by molar-refractivity contribution is 5.52. The summed E-state index contributed by atoms with van der Waals surface area (Å²) >= 11 is 0. The second-order valence-electron chi connectivity index (χ2n) is 5.75. The monoisotopic (exact) mass is 304 g/mol. The van der Waals surface area contributed by atoms with Crippen LogP contribution in [0.15, 0.2) is 108 Å². The van der Waals surface area contributed by atoms with Crippen LogP contribution in [0.4, 0.5) is 0 Å². The van der Waals surface area contributed by atoms with Crippen molar-refractivity contribution in [1.82, 2.24) is 0 Å². The van der Waals surface area contributed by atoms with Gasteiger partial charge in [-0.25, -0.2) is 0 Å². The molecule has 23 heavy (non-hydrogen) atoms. The van der Waals surface area contributed by atoms with Crippen LogP contribution in [0.25, 0.3) is 0 Å². The third-order valence-electron chi connectivity index (χ3n) is 3.70. The molecule has 0 heteroatoms. The summed E-state index contributed by atoms with van der Waals surface area (Å²) in [5, 5.41) is 0. The molecule has 0 nitrogen and oxygen atoms in total. The van der Waals surface area contributed by atoms with Crippen molar-refractivity contribution in [3.05, 3.63) is 108 Å². The van der Waals surface area contributed by atoms with Crippen LogP contribution in [0, 0.1) is 5.92 Å². The second kappa shape index (κ2) is 9.63. The smallest absolute Gasteiger partial charge is 0.00670 e. The Balaban J connectivity index is 3.13. The van der Waals surface area contributed by atoms with Crippen LogP contribution in [-0.4, -0.2) is 0 Å². The maximum Gasteiger partial charge on any atom is -0.00670 e. The lowest BCUT2D eigenvalue weighted by Gasteiger charge is -2.05. The lowest BCUT2D eigenvalue weighted by atomic mass is 9.99. The van der Waals surface area contributed by atoms with E-state index >= 15 is 0 Å². The zero-order valence-corrected chi connectivity index (χ0v) is 14.8. The Labute approximate surface area is 142 Å². The highest BCUT2D eigenvalue weighted by Gasteiger charge is 2.04. The van der Waals surface area contributed by atoms with Crippen molar-refractivity contribution >= 4 is 0 Å². The number of rotatable bonds is 6. The Hall–Kier alpha value is -2.34. The van der Waals surface area contributed by atoms with Gasteiger partial charge in [0.25, 0.3) is 0 Å². The molecule has 0 N–H and O–H groups in total. The van der Waals surface area contributed by atoms with E-state index in [0.717, 1.165) is 11.1 Å². The van der Waals surface area contributed by atoms with Gasteiger partial charge < -0.3 is 0 Å². The van der Waals surface area contributed by atoms with E-state index in [2.05, 4.69) is 76.5 Å². The van der Waals surface area contributed by atoms with Crippen LogP contribution >= 0.6 is 0 Å². The molecule has 0 aromatic heterocycles. The maximum atomic E-state index is 3.97. The van der Waals surface area contributed by atoms with Crippen molar-refractivity contribution in [1.29, 1.82) is 0 Å². The van der Waals surface area contributed by atoms with Gasteiger partial charge in [-0.1, -0.05) is 92.5 Å². The van der Waals surface area contributed by atoms with Crippen LogP contribution in [0.3, 0.4) is 0 Å². The molecule has 0 heterocycles. The molecule has 0 spiro atoms. The molecule has 0 aromatic rings. The molecular weight excluding hydrogens is 276 g/mol. The van der Waals surface area contributed by atoms with Crippen molar-refractivity contribution in [3.8, 4) is 0 Å². The molecule has 0 aromatic carbocycles. The number of allylic oxidation sites excluding steroid dienone is 16. The molecule has 0 bridgehead atoms. The molecule has 0 fully saturated rings. The predicted octanol–water partition coefficient (Wildman–Crippen LogP) is 6.81. The zero-order valence-electron chi connectivity index (χ0n) is 14.8. The van der Waals surface area contributed by atoms with Crippen molar-refractivity contribution in [2.24, 2.45) is 5.92 Å². The minimum atomic E-state index is 0.423. The van der Waals surface area contributed by atoms with Gasteiger partial charge in [-0.05, 0) is 49.0 Å². The molecule has 120 valence electrons. The predicted molar refractivity (Wildman–Crippen MR) is 105 cm³/mol. The summed E-state index contributed by atoms with van der Waals surface area (Å²) < 4.78 is 0. The van der Waals surface area contributed by atoms with E-state index in [1.807, 2.05) is 31.2 Å². The molecular formula is C23H28. The van der Waals surface area contributed by atoms with E-state index in [4.69, 9.17) is 0 Å². The Bertz CT molecular complexity index is 652. The quantitative estimate of drug-likeness (QED) is 0.473. The molecule has 1 atom stereocenters. The molecule has 0 saturated heterocycles. The minimum Gasteiger partial charge on any atom is -0.0985 e. The van der Waals surface area contributed by atoms with E-state index in [1.165, 1.54) is 16.7 Å². The Morgan fingerprint density at radius 2 is 1.78 bits per heavy atom. The van der Waals surface area contributed by atoms with Crippen LogP contribution < -0.4 is 0 Å². The first kappa shape index (κ1) is 18.7. The fourth-order valence-corrected chi connectivity index (χ4v) is 2.42. The largest absolute Gasteiger partial charge is 0.0985 e. The van der Waals surface area contributed by atoms with Crippen LogP contribution in [0.2, 0.25) is 0 Å². The Morgan fingerprint density at radius 1 is 1.04 bits per heavy atom. The fraction of sp³-hybridized carbons (Fsp3) is 0.217. The van der Waals surface area contributed by atoms with Crippen molar-refractivity contribution in [3.63, 3.8) is 0 Å². The summed E-state index contributed by atoms with van der Waals surface area (Å²) in [6.07, 6.45) is 23.0. The molecule has 1 aliphatic carbocycles. The van der Waals surface area contributed by atoms with Crippen molar-refractivity contribution in [2.45, 2.75) is 27.7 Å². The third-order valence-corrected chi connectivity index (χ3v) is 3.70. The SMILES string of the molecule is C=C\C(=C/C=C(C)/C(C=C)=C/C=C\C)C1=CC(C)C=C(C)C=C1. The van der Waals surface area contributed by atoms with Gasteiger partial charge in [0.05, 0.1) is 0 Å². The average molecular weight is 304 g/mol. The normalized spacial score (nSPS) is 20.2. The standard InChI is InChI=1S/C23H28/c1-7-10-11-21(8-2)20(6)13-15-22(9-3)23-14-12-18(4)16-19(5)17-23/h7-17,19H,2-3H2,1,4-6H3/b10-7-,20-13+,21-11+,22-15+. The third kappa shape index (κ3) is 6.12. The average Bonchev–Trinajstić information content (AvgIpc) is 2.69. The van der Waals surface area contributed by atoms with Gasteiger partial charge in [0.1, 0.15) is 0 Å². The summed E-state index contributed by atoms with van der Waals surface area (Å²) in [5.74, 6) is 0.423. The van der Waals surface area contributed by atoms with E-state index < -0.39 is 0 Å². The summed E-state index contributed by atoms with van der Waals surface area (Å²) in [5.41, 5.74) is 5.94. The first-order valence-corrected chi connectivity index (χ1v) is 8.07. The lowest BCUT2D eigenvalue weighted by molar-refractivity contribution is 0.927. The summed E-state index contributed by atoms with van der Waals surface area (Å²) in [7, 11) is 0. The van der Waals surface area contributed by atoms with E-state index in [-0.39, 0.29) is 0 Å². The van der Waals surface area contributed by atoms with Gasteiger partial charge in [-0.3, -0.25) is 0 Å². The van der Waals surface area contributed by atoms with E-state index in [9.17, 15) is 0 Å². The molecule has 0 saturated carbocycles. The molecule has 0 radical (unpaired) electrons. The van der Waals surface area contributed by atoms with Crippen LogP contribution in [0.5, 0.6) is 0 Å². The van der Waals surface area contributed by atoms with Crippen molar-refractivity contribution < 1.29 is 0 Å². The number of hydrogen-bond acceptors (Lipinski definition) is 0. The van der Waals surface area contributed by atoms with Gasteiger partial charge in [-0.15, -0.1) is 0 Å². The highest BCUT2D eigenvalue weighted by Crippen LogP contribution is 2.22. The Kier molecular flexibility index (Phi) is 7.83. The zero-order chi connectivity index (χ0) is 17.2. The van der Waals surface area contributed by atoms with Gasteiger partial charge in [-0.2, -0.15) is 0 Å².